The van der Waals surface area contributed by atoms with Crippen molar-refractivity contribution < 1.29 is 0 Å². The lowest BCUT2D eigenvalue weighted by molar-refractivity contribution is 0.679. The minimum Gasteiger partial charge on any atom is -0.310 e. The first kappa shape index (κ1) is 12.4. The maximum absolute atomic E-state index is 4.51. The molecule has 1 aliphatic rings. The van der Waals surface area contributed by atoms with Gasteiger partial charge in [-0.15, -0.1) is 0 Å². The number of hydrogen-bond donors (Lipinski definition) is 1. The van der Waals surface area contributed by atoms with E-state index in [-0.39, 0.29) is 0 Å². The lowest BCUT2D eigenvalue weighted by atomic mass is 10.2. The summed E-state index contributed by atoms with van der Waals surface area (Å²) >= 11 is 0. The van der Waals surface area contributed by atoms with Crippen LogP contribution in [0.15, 0.2) is 24.5 Å². The van der Waals surface area contributed by atoms with Gasteiger partial charge in [0, 0.05) is 24.3 Å². The molecule has 3 rings (SSSR count). The van der Waals surface area contributed by atoms with Gasteiger partial charge in [-0.1, -0.05) is 6.92 Å². The summed E-state index contributed by atoms with van der Waals surface area (Å²) < 4.78 is 1.97. The van der Waals surface area contributed by atoms with Crippen molar-refractivity contribution in [3.8, 4) is 5.82 Å². The molecule has 0 bridgehead atoms. The highest BCUT2D eigenvalue weighted by molar-refractivity contribution is 5.31. The zero-order valence-electron chi connectivity index (χ0n) is 11.6. The molecule has 2 aromatic heterocycles. The number of nitrogens with zero attached hydrogens (tertiary/aromatic N) is 3. The summed E-state index contributed by atoms with van der Waals surface area (Å²) in [7, 11) is 0. The highest BCUT2D eigenvalue weighted by Gasteiger charge is 2.21. The van der Waals surface area contributed by atoms with Gasteiger partial charge < -0.3 is 5.32 Å². The van der Waals surface area contributed by atoms with Gasteiger partial charge in [-0.3, -0.25) is 0 Å². The second kappa shape index (κ2) is 5.13. The Kier molecular flexibility index (Phi) is 3.34. The normalized spacial score (nSPS) is 14.8. The van der Waals surface area contributed by atoms with Crippen molar-refractivity contribution in [1.29, 1.82) is 0 Å². The average molecular weight is 256 g/mol. The summed E-state index contributed by atoms with van der Waals surface area (Å²) in [6.45, 7) is 5.17. The SMILES string of the molecule is CCc1c(CNC2CC2)cnn1-c1cc(C)ccn1. The van der Waals surface area contributed by atoms with Gasteiger partial charge in [-0.2, -0.15) is 5.10 Å². The van der Waals surface area contributed by atoms with E-state index in [2.05, 4.69) is 35.3 Å². The standard InChI is InChI=1S/C15H20N4/c1-3-14-12(9-17-13-4-5-13)10-18-19(14)15-8-11(2)6-7-16-15/h6-8,10,13,17H,3-5,9H2,1-2H3. The van der Waals surface area contributed by atoms with E-state index in [0.717, 1.165) is 24.8 Å². The fourth-order valence-electron chi connectivity index (χ4n) is 2.31. The van der Waals surface area contributed by atoms with Crippen LogP contribution in [-0.4, -0.2) is 20.8 Å². The third-order valence-electron chi connectivity index (χ3n) is 3.57. The summed E-state index contributed by atoms with van der Waals surface area (Å²) in [5, 5.41) is 8.06. The second-order valence-corrected chi connectivity index (χ2v) is 5.23. The van der Waals surface area contributed by atoms with Gasteiger partial charge in [0.25, 0.3) is 0 Å². The zero-order valence-corrected chi connectivity index (χ0v) is 11.6. The van der Waals surface area contributed by atoms with Crippen molar-refractivity contribution in [2.75, 3.05) is 0 Å². The van der Waals surface area contributed by atoms with Crippen LogP contribution in [0.2, 0.25) is 0 Å². The molecule has 1 saturated carbocycles. The molecule has 0 saturated heterocycles. The molecule has 1 fully saturated rings. The van der Waals surface area contributed by atoms with Crippen molar-refractivity contribution in [3.63, 3.8) is 0 Å². The largest absolute Gasteiger partial charge is 0.310 e. The molecule has 0 aliphatic heterocycles. The minimum absolute atomic E-state index is 0.727. The molecule has 2 heterocycles. The van der Waals surface area contributed by atoms with E-state index in [0.29, 0.717) is 0 Å². The highest BCUT2D eigenvalue weighted by atomic mass is 15.3. The molecule has 0 aromatic carbocycles. The van der Waals surface area contributed by atoms with Gasteiger partial charge in [0.05, 0.1) is 11.9 Å². The summed E-state index contributed by atoms with van der Waals surface area (Å²) in [4.78, 5) is 4.42. The van der Waals surface area contributed by atoms with E-state index in [1.807, 2.05) is 23.1 Å². The fourth-order valence-corrected chi connectivity index (χ4v) is 2.31. The van der Waals surface area contributed by atoms with Crippen molar-refractivity contribution in [2.45, 2.75) is 45.7 Å². The summed E-state index contributed by atoms with van der Waals surface area (Å²) in [5.74, 6) is 0.912. The molecule has 0 unspecified atom stereocenters. The van der Waals surface area contributed by atoms with Crippen LogP contribution in [-0.2, 0) is 13.0 Å². The summed E-state index contributed by atoms with van der Waals surface area (Å²) in [5.41, 5.74) is 3.75. The van der Waals surface area contributed by atoms with Gasteiger partial charge in [-0.25, -0.2) is 9.67 Å². The molecular formula is C15H20N4. The third kappa shape index (κ3) is 2.68. The molecule has 0 radical (unpaired) electrons. The van der Waals surface area contributed by atoms with Gasteiger partial charge in [-0.05, 0) is 43.9 Å². The monoisotopic (exact) mass is 256 g/mol. The molecule has 1 aliphatic carbocycles. The Balaban J connectivity index is 1.88. The molecule has 19 heavy (non-hydrogen) atoms. The number of nitrogens with one attached hydrogen (secondary N) is 1. The van der Waals surface area contributed by atoms with E-state index < -0.39 is 0 Å². The maximum atomic E-state index is 4.51. The van der Waals surface area contributed by atoms with Gasteiger partial charge in [0.15, 0.2) is 5.82 Å². The van der Waals surface area contributed by atoms with E-state index in [1.54, 1.807) is 0 Å². The molecule has 100 valence electrons. The summed E-state index contributed by atoms with van der Waals surface area (Å²) in [6.07, 6.45) is 7.41. The van der Waals surface area contributed by atoms with E-state index >= 15 is 0 Å². The molecule has 0 spiro atoms. The van der Waals surface area contributed by atoms with E-state index in [9.17, 15) is 0 Å². The van der Waals surface area contributed by atoms with Crippen LogP contribution in [0.5, 0.6) is 0 Å². The molecule has 2 aromatic rings. The predicted octanol–water partition coefficient (Wildman–Crippen LogP) is 2.39. The van der Waals surface area contributed by atoms with E-state index in [1.165, 1.54) is 29.7 Å². The van der Waals surface area contributed by atoms with E-state index in [4.69, 9.17) is 0 Å². The molecule has 1 N–H and O–H groups in total. The topological polar surface area (TPSA) is 42.7 Å². The average Bonchev–Trinajstić information content (AvgIpc) is 3.15. The first-order valence-electron chi connectivity index (χ1n) is 7.00. The first-order valence-corrected chi connectivity index (χ1v) is 7.00. The third-order valence-corrected chi connectivity index (χ3v) is 3.57. The Hall–Kier alpha value is -1.68. The Labute approximate surface area is 113 Å². The number of rotatable bonds is 5. The summed E-state index contributed by atoms with van der Waals surface area (Å²) in [6, 6.07) is 4.81. The van der Waals surface area contributed by atoms with Crippen molar-refractivity contribution in [1.82, 2.24) is 20.1 Å². The molecule has 4 nitrogen and oxygen atoms in total. The lowest BCUT2D eigenvalue weighted by Crippen LogP contribution is -2.16. The van der Waals surface area contributed by atoms with Crippen LogP contribution in [0.25, 0.3) is 5.82 Å². The zero-order chi connectivity index (χ0) is 13.2. The van der Waals surface area contributed by atoms with Crippen molar-refractivity contribution in [3.05, 3.63) is 41.3 Å². The maximum Gasteiger partial charge on any atom is 0.153 e. The Bertz CT molecular complexity index is 569. The van der Waals surface area contributed by atoms with Crippen LogP contribution in [0, 0.1) is 6.92 Å². The number of aromatic nitrogens is 3. The highest BCUT2D eigenvalue weighted by Crippen LogP contribution is 2.21. The van der Waals surface area contributed by atoms with Crippen LogP contribution in [0.3, 0.4) is 0 Å². The van der Waals surface area contributed by atoms with Gasteiger partial charge >= 0.3 is 0 Å². The van der Waals surface area contributed by atoms with Crippen LogP contribution < -0.4 is 5.32 Å². The van der Waals surface area contributed by atoms with Crippen LogP contribution in [0.4, 0.5) is 0 Å². The minimum atomic E-state index is 0.727. The van der Waals surface area contributed by atoms with Crippen molar-refractivity contribution in [2.24, 2.45) is 0 Å². The van der Waals surface area contributed by atoms with Gasteiger partial charge in [0.1, 0.15) is 0 Å². The quantitative estimate of drug-likeness (QED) is 0.893. The van der Waals surface area contributed by atoms with Gasteiger partial charge in [0.2, 0.25) is 0 Å². The smallest absolute Gasteiger partial charge is 0.153 e. The second-order valence-electron chi connectivity index (χ2n) is 5.23. The Morgan fingerprint density at radius 3 is 2.95 bits per heavy atom. The Morgan fingerprint density at radius 1 is 1.42 bits per heavy atom. The first-order chi connectivity index (χ1) is 9.28. The number of hydrogen-bond acceptors (Lipinski definition) is 3. The number of aryl methyl sites for hydroxylation is 1. The van der Waals surface area contributed by atoms with Crippen molar-refractivity contribution >= 4 is 0 Å². The predicted molar refractivity (Wildman–Crippen MR) is 75.3 cm³/mol. The Morgan fingerprint density at radius 2 is 2.26 bits per heavy atom. The fraction of sp³-hybridized carbons (Fsp3) is 0.467. The lowest BCUT2D eigenvalue weighted by Gasteiger charge is -2.08. The van der Waals surface area contributed by atoms with Crippen LogP contribution >= 0.6 is 0 Å². The molecule has 0 amide bonds. The molecule has 0 atom stereocenters. The number of pyridine rings is 1. The van der Waals surface area contributed by atoms with Crippen LogP contribution in [0.1, 0.15) is 36.6 Å². The molecular weight excluding hydrogens is 236 g/mol. The molecule has 4 heteroatoms.